The predicted octanol–water partition coefficient (Wildman–Crippen LogP) is 8.75. The zero-order chi connectivity index (χ0) is 21.7. The van der Waals surface area contributed by atoms with E-state index < -0.39 is 33.6 Å². The first-order chi connectivity index (χ1) is 14.5. The van der Waals surface area contributed by atoms with Crippen molar-refractivity contribution in [3.8, 4) is 0 Å². The Morgan fingerprint density at radius 1 is 0.700 bits per heavy atom. The van der Waals surface area contributed by atoms with Gasteiger partial charge in [-0.05, 0) is 0 Å². The average molecular weight is 519 g/mol. The van der Waals surface area contributed by atoms with Crippen molar-refractivity contribution in [2.45, 2.75) is 87.9 Å². The Hall–Kier alpha value is -0.901. The number of benzene rings is 2. The molecule has 0 spiro atoms. The molecule has 0 nitrogen and oxygen atoms in total. The second-order valence-electron chi connectivity index (χ2n) is 9.23. The molecule has 0 amide bonds. The molecule has 1 fully saturated rings. The van der Waals surface area contributed by atoms with Crippen molar-refractivity contribution in [1.29, 1.82) is 0 Å². The summed E-state index contributed by atoms with van der Waals surface area (Å²) in [6, 6.07) is 19.7. The summed E-state index contributed by atoms with van der Waals surface area (Å²) in [6.07, 6.45) is 6.62. The number of unbranched alkanes of at least 4 members (excludes halogenated alkanes) is 3. The molecule has 1 saturated carbocycles. The van der Waals surface area contributed by atoms with Gasteiger partial charge in [-0.15, -0.1) is 0 Å². The zero-order valence-electron chi connectivity index (χ0n) is 19.0. The van der Waals surface area contributed by atoms with Crippen molar-refractivity contribution >= 4 is 18.4 Å². The minimum absolute atomic E-state index is 0.644. The molecule has 0 radical (unpaired) electrons. The third kappa shape index (κ3) is 3.98. The molecule has 30 heavy (non-hydrogen) atoms. The van der Waals surface area contributed by atoms with E-state index in [9.17, 15) is 0 Å². The Morgan fingerprint density at radius 3 is 1.57 bits per heavy atom. The van der Waals surface area contributed by atoms with Crippen molar-refractivity contribution in [1.82, 2.24) is 0 Å². The summed E-state index contributed by atoms with van der Waals surface area (Å²) in [5, 5.41) is 0. The van der Waals surface area contributed by atoms with Crippen molar-refractivity contribution in [2.75, 3.05) is 0 Å². The van der Waals surface area contributed by atoms with E-state index in [0.29, 0.717) is 0 Å². The maximum atomic E-state index is 16.3. The van der Waals surface area contributed by atoms with Gasteiger partial charge in [0.25, 0.3) is 0 Å². The van der Waals surface area contributed by atoms with Crippen LogP contribution in [0.1, 0.15) is 76.3 Å². The first-order valence-electron chi connectivity index (χ1n) is 12.0. The fourth-order valence-electron chi connectivity index (χ4n) is 6.05. The monoisotopic (exact) mass is 520 g/mol. The fourth-order valence-corrected chi connectivity index (χ4v) is 27.6. The molecule has 2 aromatic carbocycles. The van der Waals surface area contributed by atoms with Gasteiger partial charge in [-0.3, -0.25) is 0 Å². The first kappa shape index (κ1) is 23.8. The fraction of sp³-hybridized carbons (Fsp3) is 0.556. The van der Waals surface area contributed by atoms with Crippen LogP contribution in [0.3, 0.4) is 0 Å². The van der Waals surface area contributed by atoms with Gasteiger partial charge in [-0.1, -0.05) is 0 Å². The van der Waals surface area contributed by atoms with E-state index >= 15 is 8.78 Å². The molecule has 0 heterocycles. The Bertz CT molecular complexity index is 752. The minimum atomic E-state index is -3.36. The van der Waals surface area contributed by atoms with E-state index in [1.165, 1.54) is 0 Å². The molecule has 0 aliphatic heterocycles. The van der Waals surface area contributed by atoms with Crippen LogP contribution in [0.15, 0.2) is 60.7 Å². The van der Waals surface area contributed by atoms with Crippen LogP contribution in [0.4, 0.5) is 8.78 Å². The Kier molecular flexibility index (Phi) is 8.03. The molecular formula is C27H38F2Sn. The quantitative estimate of drug-likeness (QED) is 0.246. The number of hydrogen-bond acceptors (Lipinski definition) is 0. The molecule has 0 bridgehead atoms. The van der Waals surface area contributed by atoms with Crippen LogP contribution in [0.2, 0.25) is 13.3 Å². The van der Waals surface area contributed by atoms with E-state index in [4.69, 9.17) is 0 Å². The molecule has 3 rings (SSSR count). The van der Waals surface area contributed by atoms with Gasteiger partial charge in [0.1, 0.15) is 0 Å². The van der Waals surface area contributed by atoms with Crippen molar-refractivity contribution in [3.05, 3.63) is 71.8 Å². The maximum absolute atomic E-state index is 16.3. The van der Waals surface area contributed by atoms with E-state index in [-0.39, 0.29) is 0 Å². The van der Waals surface area contributed by atoms with Crippen molar-refractivity contribution < 1.29 is 8.78 Å². The SMILES string of the molecule is CCC[CH2][Sn]([CH2]CCC)([CH2]CCC)[C@@]1(c2ccccc2)[C@H](c2ccccc2)C1(F)F. The Labute approximate surface area is 186 Å². The van der Waals surface area contributed by atoms with Crippen LogP contribution in [0.25, 0.3) is 0 Å². The average Bonchev–Trinajstić information content (AvgIpc) is 3.32. The summed E-state index contributed by atoms with van der Waals surface area (Å²) in [4.78, 5) is 0. The Morgan fingerprint density at radius 2 is 1.13 bits per heavy atom. The summed E-state index contributed by atoms with van der Waals surface area (Å²) in [6.45, 7) is 6.64. The van der Waals surface area contributed by atoms with Gasteiger partial charge in [0.05, 0.1) is 0 Å². The van der Waals surface area contributed by atoms with Crippen molar-refractivity contribution in [2.24, 2.45) is 0 Å². The normalized spacial score (nSPS) is 22.8. The molecule has 1 aliphatic carbocycles. The summed E-state index contributed by atoms with van der Waals surface area (Å²) in [7, 11) is 0. The van der Waals surface area contributed by atoms with Crippen LogP contribution < -0.4 is 0 Å². The van der Waals surface area contributed by atoms with Gasteiger partial charge in [-0.25, -0.2) is 0 Å². The van der Waals surface area contributed by atoms with E-state index in [1.54, 1.807) is 0 Å². The summed E-state index contributed by atoms with van der Waals surface area (Å²) < 4.78 is 35.0. The van der Waals surface area contributed by atoms with Gasteiger partial charge in [0.15, 0.2) is 0 Å². The van der Waals surface area contributed by atoms with Crippen LogP contribution in [-0.2, 0) is 3.43 Å². The molecular weight excluding hydrogens is 481 g/mol. The molecule has 0 unspecified atom stereocenters. The van der Waals surface area contributed by atoms with Gasteiger partial charge < -0.3 is 0 Å². The molecule has 1 aliphatic rings. The van der Waals surface area contributed by atoms with Gasteiger partial charge in [0.2, 0.25) is 0 Å². The number of rotatable bonds is 12. The third-order valence-corrected chi connectivity index (χ3v) is 26.1. The van der Waals surface area contributed by atoms with E-state index in [1.807, 2.05) is 60.7 Å². The molecule has 2 atom stereocenters. The molecule has 164 valence electrons. The second kappa shape index (κ2) is 10.1. The molecule has 2 aromatic rings. The number of hydrogen-bond donors (Lipinski definition) is 0. The number of halogens is 2. The standard InChI is InChI=1S/C15H11F2.3C4H9.Sn/c16-15(17)13(11-7-3-1-4-8-11)14(15)12-9-5-2-6-10-12;3*1-3-4-2;/h1-10,13H;3*1,3-4H2,2H3;/t13-;;;;/m0..../s1. The molecule has 0 aromatic heterocycles. The van der Waals surface area contributed by atoms with E-state index in [2.05, 4.69) is 20.8 Å². The summed E-state index contributed by atoms with van der Waals surface area (Å²) in [5.41, 5.74) is 1.78. The number of alkyl halides is 2. The Balaban J connectivity index is 2.23. The zero-order valence-corrected chi connectivity index (χ0v) is 21.8. The van der Waals surface area contributed by atoms with Crippen LogP contribution >= 0.6 is 0 Å². The summed E-state index contributed by atoms with van der Waals surface area (Å²) >= 11 is -3.36. The molecule has 0 N–H and O–H groups in total. The van der Waals surface area contributed by atoms with Crippen LogP contribution in [0.5, 0.6) is 0 Å². The van der Waals surface area contributed by atoms with Crippen LogP contribution in [0, 0.1) is 0 Å². The van der Waals surface area contributed by atoms with Gasteiger partial charge in [-0.2, -0.15) is 0 Å². The third-order valence-electron chi connectivity index (χ3n) is 7.46. The molecule has 0 saturated heterocycles. The predicted molar refractivity (Wildman–Crippen MR) is 127 cm³/mol. The van der Waals surface area contributed by atoms with Crippen molar-refractivity contribution in [3.63, 3.8) is 0 Å². The summed E-state index contributed by atoms with van der Waals surface area (Å²) in [5.74, 6) is -3.28. The second-order valence-corrected chi connectivity index (χ2v) is 23.1. The van der Waals surface area contributed by atoms with Crippen LogP contribution in [-0.4, -0.2) is 24.3 Å². The molecule has 3 heteroatoms. The first-order valence-corrected chi connectivity index (χ1v) is 19.5. The van der Waals surface area contributed by atoms with Gasteiger partial charge >= 0.3 is 187 Å². The van der Waals surface area contributed by atoms with Gasteiger partial charge in [0, 0.05) is 0 Å². The van der Waals surface area contributed by atoms with E-state index in [0.717, 1.165) is 63.0 Å². The topological polar surface area (TPSA) is 0 Å².